The number of methoxy groups -OCH3 is 1. The molecule has 0 atom stereocenters. The number of carbonyl (C=O) groups is 1. The summed E-state index contributed by atoms with van der Waals surface area (Å²) < 4.78 is 6.98. The summed E-state index contributed by atoms with van der Waals surface area (Å²) in [6, 6.07) is 7.30. The summed E-state index contributed by atoms with van der Waals surface area (Å²) in [5, 5.41) is 22.6. The molecule has 1 N–H and O–H groups in total. The Kier molecular flexibility index (Phi) is 6.14. The van der Waals surface area contributed by atoms with Gasteiger partial charge in [-0.2, -0.15) is 10.4 Å². The van der Waals surface area contributed by atoms with Gasteiger partial charge in [-0.25, -0.2) is 0 Å². The third-order valence-electron chi connectivity index (χ3n) is 3.96. The van der Waals surface area contributed by atoms with E-state index in [0.29, 0.717) is 17.0 Å². The highest BCUT2D eigenvalue weighted by molar-refractivity contribution is 5.76. The lowest BCUT2D eigenvalue weighted by Gasteiger charge is -2.15. The molecule has 1 amide bonds. The zero-order chi connectivity index (χ0) is 18.4. The summed E-state index contributed by atoms with van der Waals surface area (Å²) in [4.78, 5) is 13.6. The second-order valence-corrected chi connectivity index (χ2v) is 5.62. The van der Waals surface area contributed by atoms with Gasteiger partial charge in [-0.05, 0) is 30.2 Å². The maximum Gasteiger partial charge on any atom is 0.244 e. The Balaban J connectivity index is 2.39. The average molecular weight is 342 g/mol. The molecule has 0 fully saturated rings. The first kappa shape index (κ1) is 18.5. The van der Waals surface area contributed by atoms with Gasteiger partial charge in [-0.15, -0.1) is 0 Å². The molecule has 25 heavy (non-hydrogen) atoms. The highest BCUT2D eigenvalue weighted by Gasteiger charge is 2.17. The van der Waals surface area contributed by atoms with Crippen LogP contribution in [0.1, 0.15) is 18.1 Å². The molecule has 1 aromatic carbocycles. The molecular weight excluding hydrogens is 320 g/mol. The molecule has 0 bridgehead atoms. The summed E-state index contributed by atoms with van der Waals surface area (Å²) >= 11 is 0. The highest BCUT2D eigenvalue weighted by Crippen LogP contribution is 2.32. The number of benzene rings is 1. The zero-order valence-corrected chi connectivity index (χ0v) is 14.7. The summed E-state index contributed by atoms with van der Waals surface area (Å²) in [5.74, 6) is 0.492. The summed E-state index contributed by atoms with van der Waals surface area (Å²) in [6.07, 6.45) is 2.56. The second kappa shape index (κ2) is 8.31. The normalized spacial score (nSPS) is 10.4. The van der Waals surface area contributed by atoms with E-state index in [1.54, 1.807) is 37.0 Å². The van der Waals surface area contributed by atoms with E-state index in [-0.39, 0.29) is 25.6 Å². The predicted octanol–water partition coefficient (Wildman–Crippen LogP) is 1.44. The molecule has 1 aromatic heterocycles. The van der Waals surface area contributed by atoms with Crippen molar-refractivity contribution < 1.29 is 14.6 Å². The summed E-state index contributed by atoms with van der Waals surface area (Å²) in [7, 11) is 3.21. The molecular formula is C18H22N4O3. The van der Waals surface area contributed by atoms with E-state index in [0.717, 1.165) is 17.5 Å². The Morgan fingerprint density at radius 1 is 1.48 bits per heavy atom. The van der Waals surface area contributed by atoms with Gasteiger partial charge in [0, 0.05) is 25.4 Å². The van der Waals surface area contributed by atoms with E-state index < -0.39 is 0 Å². The number of aliphatic hydroxyl groups is 1. The molecule has 132 valence electrons. The van der Waals surface area contributed by atoms with Gasteiger partial charge in [0.05, 0.1) is 31.0 Å². The summed E-state index contributed by atoms with van der Waals surface area (Å²) in [6.45, 7) is 2.30. The van der Waals surface area contributed by atoms with Crippen molar-refractivity contribution >= 4 is 5.91 Å². The van der Waals surface area contributed by atoms with E-state index in [1.807, 2.05) is 13.1 Å². The van der Waals surface area contributed by atoms with Crippen molar-refractivity contribution in [1.82, 2.24) is 14.7 Å². The first-order chi connectivity index (χ1) is 12.0. The molecule has 0 radical (unpaired) electrons. The molecule has 2 rings (SSSR count). The smallest absolute Gasteiger partial charge is 0.244 e. The fourth-order valence-electron chi connectivity index (χ4n) is 2.53. The first-order valence-corrected chi connectivity index (χ1v) is 8.03. The Labute approximate surface area is 147 Å². The fraction of sp³-hybridized carbons (Fsp3) is 0.389. The quantitative estimate of drug-likeness (QED) is 0.822. The highest BCUT2D eigenvalue weighted by atomic mass is 16.5. The lowest BCUT2D eigenvalue weighted by atomic mass is 10.0. The van der Waals surface area contributed by atoms with Crippen LogP contribution < -0.4 is 4.74 Å². The van der Waals surface area contributed by atoms with Crippen LogP contribution in [0.2, 0.25) is 0 Å². The zero-order valence-electron chi connectivity index (χ0n) is 14.7. The molecule has 0 saturated carbocycles. The maximum atomic E-state index is 12.2. The van der Waals surface area contributed by atoms with Crippen molar-refractivity contribution in [2.24, 2.45) is 0 Å². The average Bonchev–Trinajstić information content (AvgIpc) is 3.03. The SMILES string of the molecule is CCc1cn(CC(=O)N(C)CCO)nc1-c1cc(C#N)ccc1OC. The van der Waals surface area contributed by atoms with Crippen LogP contribution in [0.3, 0.4) is 0 Å². The lowest BCUT2D eigenvalue weighted by Crippen LogP contribution is -2.32. The van der Waals surface area contributed by atoms with Crippen molar-refractivity contribution in [3.05, 3.63) is 35.5 Å². The Morgan fingerprint density at radius 2 is 2.24 bits per heavy atom. The minimum Gasteiger partial charge on any atom is -0.496 e. The third-order valence-corrected chi connectivity index (χ3v) is 3.96. The van der Waals surface area contributed by atoms with Gasteiger partial charge in [0.15, 0.2) is 0 Å². The summed E-state index contributed by atoms with van der Waals surface area (Å²) in [5.41, 5.74) is 2.92. The van der Waals surface area contributed by atoms with Crippen molar-refractivity contribution in [2.75, 3.05) is 27.3 Å². The molecule has 7 nitrogen and oxygen atoms in total. The minimum absolute atomic E-state index is 0.0784. The predicted molar refractivity (Wildman–Crippen MR) is 93.0 cm³/mol. The number of nitriles is 1. The number of aliphatic hydroxyl groups excluding tert-OH is 1. The maximum absolute atomic E-state index is 12.2. The lowest BCUT2D eigenvalue weighted by molar-refractivity contribution is -0.131. The Bertz CT molecular complexity index is 792. The molecule has 1 heterocycles. The van der Waals surface area contributed by atoms with Crippen LogP contribution in [-0.2, 0) is 17.8 Å². The number of nitrogens with zero attached hydrogens (tertiary/aromatic N) is 4. The molecule has 7 heteroatoms. The Hall–Kier alpha value is -2.85. The third kappa shape index (κ3) is 4.17. The number of aryl methyl sites for hydroxylation is 1. The van der Waals surface area contributed by atoms with Crippen LogP contribution >= 0.6 is 0 Å². The van der Waals surface area contributed by atoms with Crippen LogP contribution in [0, 0.1) is 11.3 Å². The van der Waals surface area contributed by atoms with Crippen LogP contribution in [-0.4, -0.2) is 53.0 Å². The van der Waals surface area contributed by atoms with Gasteiger partial charge in [-0.3, -0.25) is 9.48 Å². The molecule has 0 aliphatic heterocycles. The van der Waals surface area contributed by atoms with Gasteiger partial charge < -0.3 is 14.7 Å². The molecule has 0 aliphatic rings. The van der Waals surface area contributed by atoms with E-state index in [4.69, 9.17) is 15.1 Å². The van der Waals surface area contributed by atoms with Crippen molar-refractivity contribution in [1.29, 1.82) is 5.26 Å². The van der Waals surface area contributed by atoms with Crippen LogP contribution in [0.4, 0.5) is 0 Å². The van der Waals surface area contributed by atoms with Gasteiger partial charge >= 0.3 is 0 Å². The number of rotatable bonds is 7. The van der Waals surface area contributed by atoms with Crippen LogP contribution in [0.5, 0.6) is 5.75 Å². The number of carbonyl (C=O) groups excluding carboxylic acids is 1. The molecule has 0 aliphatic carbocycles. The van der Waals surface area contributed by atoms with Gasteiger partial charge in [0.25, 0.3) is 0 Å². The number of hydrogen-bond acceptors (Lipinski definition) is 5. The fourth-order valence-corrected chi connectivity index (χ4v) is 2.53. The Morgan fingerprint density at radius 3 is 2.84 bits per heavy atom. The standard InChI is InChI=1S/C18H22N4O3/c1-4-14-11-22(12-17(24)21(2)7-8-23)20-18(14)15-9-13(10-19)5-6-16(15)25-3/h5-6,9,11,23H,4,7-8,12H2,1-3H3. The van der Waals surface area contributed by atoms with E-state index in [9.17, 15) is 4.79 Å². The number of likely N-dealkylation sites (N-methyl/N-ethyl adjacent to an activating group) is 1. The van der Waals surface area contributed by atoms with Gasteiger partial charge in [0.1, 0.15) is 12.3 Å². The number of ether oxygens (including phenoxy) is 1. The van der Waals surface area contributed by atoms with Crippen LogP contribution in [0.15, 0.2) is 24.4 Å². The largest absolute Gasteiger partial charge is 0.496 e. The molecule has 0 saturated heterocycles. The van der Waals surface area contributed by atoms with E-state index >= 15 is 0 Å². The van der Waals surface area contributed by atoms with E-state index in [1.165, 1.54) is 4.90 Å². The van der Waals surface area contributed by atoms with Crippen molar-refractivity contribution in [2.45, 2.75) is 19.9 Å². The number of amides is 1. The second-order valence-electron chi connectivity index (χ2n) is 5.62. The first-order valence-electron chi connectivity index (χ1n) is 8.03. The van der Waals surface area contributed by atoms with Gasteiger partial charge in [0.2, 0.25) is 5.91 Å². The van der Waals surface area contributed by atoms with Crippen LogP contribution in [0.25, 0.3) is 11.3 Å². The molecule has 0 unspecified atom stereocenters. The topological polar surface area (TPSA) is 91.4 Å². The van der Waals surface area contributed by atoms with E-state index in [2.05, 4.69) is 11.2 Å². The molecule has 2 aromatic rings. The monoisotopic (exact) mass is 342 g/mol. The molecule has 0 spiro atoms. The minimum atomic E-state index is -0.136. The number of aromatic nitrogens is 2. The van der Waals surface area contributed by atoms with Crippen molar-refractivity contribution in [3.63, 3.8) is 0 Å². The van der Waals surface area contributed by atoms with Crippen molar-refractivity contribution in [3.8, 4) is 23.1 Å². The number of hydrogen-bond donors (Lipinski definition) is 1. The van der Waals surface area contributed by atoms with Gasteiger partial charge in [-0.1, -0.05) is 6.92 Å².